The Kier molecular flexibility index (Phi) is 13.2. The molecule has 2 aliphatic rings. The Labute approximate surface area is 358 Å². The zero-order valence-electron chi connectivity index (χ0n) is 32.6. The predicted octanol–water partition coefficient (Wildman–Crippen LogP) is 13.2. The van der Waals surface area contributed by atoms with Crippen LogP contribution in [-0.4, -0.2) is 41.6 Å². The van der Waals surface area contributed by atoms with Crippen LogP contribution in [0.5, 0.6) is 0 Å². The molecule has 58 heavy (non-hydrogen) atoms. The monoisotopic (exact) mass is 1000 g/mol. The van der Waals surface area contributed by atoms with Crippen LogP contribution in [0.2, 0.25) is 0 Å². The molecular formula is C48H42Cl2N5OPtS+. The van der Waals surface area contributed by atoms with Gasteiger partial charge in [-0.25, -0.2) is 9.97 Å². The summed E-state index contributed by atoms with van der Waals surface area (Å²) < 4.78 is 8.08. The quantitative estimate of drug-likeness (QED) is 0.172. The van der Waals surface area contributed by atoms with Gasteiger partial charge in [-0.05, 0) is 104 Å². The van der Waals surface area contributed by atoms with Crippen LogP contribution >= 0.6 is 18.8 Å². The molecule has 0 radical (unpaired) electrons. The van der Waals surface area contributed by atoms with Gasteiger partial charge >= 0.3 is 35.3 Å². The molecule has 0 spiro atoms. The Hall–Kier alpha value is -5.17. The maximum absolute atomic E-state index is 8.08. The van der Waals surface area contributed by atoms with Crippen LogP contribution < -0.4 is 0 Å². The Morgan fingerprint density at radius 2 is 0.690 bits per heavy atom. The zero-order chi connectivity index (χ0) is 40.8. The van der Waals surface area contributed by atoms with Gasteiger partial charge in [0.25, 0.3) is 0 Å². The molecule has 3 aromatic carbocycles. The summed E-state index contributed by atoms with van der Waals surface area (Å²) in [7, 11) is 9.39. The predicted molar refractivity (Wildman–Crippen MR) is 245 cm³/mol. The van der Waals surface area contributed by atoms with Crippen LogP contribution in [0.1, 0.15) is 39.5 Å². The minimum absolute atomic E-state index is 0.361. The SMILES string of the molecule is CS(C)=[OH+].Cc1ccc(-c2c3nc(c(-c4ccc(C)cc4)c4ccc([nH]4)c(-c4ccc(C)cc4)c4nc(c(-c5ccncc5)c5ccc2[nH]5)C=C4)C=C3)cc1.[Cl][Pt][Cl]. The molecule has 0 unspecified atom stereocenters. The zero-order valence-corrected chi connectivity index (χ0v) is 37.2. The molecule has 0 saturated heterocycles. The average molecular weight is 1000 g/mol. The number of nitrogens with zero attached hydrogens (tertiary/aromatic N) is 3. The Morgan fingerprint density at radius 3 is 0.948 bits per heavy atom. The molecule has 10 heteroatoms. The molecule has 6 nitrogen and oxygen atoms in total. The van der Waals surface area contributed by atoms with Gasteiger partial charge in [0, 0.05) is 56.7 Å². The fourth-order valence-corrected chi connectivity index (χ4v) is 7.10. The maximum atomic E-state index is 8.08. The van der Waals surface area contributed by atoms with E-state index in [0.29, 0.717) is 0 Å². The number of H-pyrrole nitrogens is 2. The standard InChI is InChI=1S/C46H35N5.C2H6OS.2ClH.Pt/c1-28-4-10-31(11-5-28)43-35-16-18-37(48-35)44(32-12-6-29(2)7-13-32)39-20-22-41(50-39)46(34-24-26-47-27-25-34)42-23-21-40(51-42)45(38-19-17-36(43)49-38)33-14-8-30(3)9-15-33;1-4(2)3;;;/h4-27,48,51H,1-3H3;1-2H3;2*1H;/q;;;;+2/p-1. The van der Waals surface area contributed by atoms with E-state index >= 15 is 0 Å². The Bertz CT molecular complexity index is 2780. The van der Waals surface area contributed by atoms with Gasteiger partial charge in [0.05, 0.1) is 35.3 Å². The van der Waals surface area contributed by atoms with E-state index in [0.717, 1.165) is 89.4 Å². The number of hydrogen-bond donors (Lipinski definition) is 2. The number of rotatable bonds is 4. The number of aryl methyl sites for hydroxylation is 3. The van der Waals surface area contributed by atoms with Crippen molar-refractivity contribution in [1.82, 2.24) is 24.9 Å². The van der Waals surface area contributed by atoms with Gasteiger partial charge in [0.1, 0.15) is 0 Å². The van der Waals surface area contributed by atoms with E-state index in [1.165, 1.54) is 16.7 Å². The summed E-state index contributed by atoms with van der Waals surface area (Å²) >= 11 is -0.472. The topological polar surface area (TPSA) is 91.7 Å². The molecule has 3 N–H and O–H groups in total. The molecule has 9 rings (SSSR count). The van der Waals surface area contributed by atoms with E-state index in [4.69, 9.17) is 33.0 Å². The fraction of sp³-hybridized carbons (Fsp3) is 0.104. The first-order valence-corrected chi connectivity index (χ1v) is 26.1. The van der Waals surface area contributed by atoms with Gasteiger partial charge in [-0.3, -0.25) is 9.19 Å². The molecule has 0 aliphatic carbocycles. The first-order valence-electron chi connectivity index (χ1n) is 18.5. The van der Waals surface area contributed by atoms with Crippen LogP contribution in [0.25, 0.3) is 90.9 Å². The molecule has 0 amide bonds. The number of fused-ring (bicyclic) bond motifs is 8. The number of benzene rings is 3. The van der Waals surface area contributed by atoms with Crippen molar-refractivity contribution in [2.45, 2.75) is 20.8 Å². The molecule has 0 atom stereocenters. The van der Waals surface area contributed by atoms with Crippen LogP contribution in [0.3, 0.4) is 0 Å². The normalized spacial score (nSPS) is 11.6. The van der Waals surface area contributed by atoms with Gasteiger partial charge < -0.3 is 9.97 Å². The molecule has 4 aromatic heterocycles. The van der Waals surface area contributed by atoms with Crippen molar-refractivity contribution >= 4 is 76.0 Å². The molecule has 8 bridgehead atoms. The first-order chi connectivity index (χ1) is 28.1. The second kappa shape index (κ2) is 18.6. The number of nitrogens with one attached hydrogen (secondary N) is 2. The third kappa shape index (κ3) is 9.25. The van der Waals surface area contributed by atoms with Crippen molar-refractivity contribution < 1.29 is 20.7 Å². The van der Waals surface area contributed by atoms with E-state index in [1.807, 2.05) is 24.5 Å². The van der Waals surface area contributed by atoms with Gasteiger partial charge in [0.15, 0.2) is 10.8 Å². The van der Waals surface area contributed by atoms with E-state index in [1.54, 1.807) is 12.5 Å². The fourth-order valence-electron chi connectivity index (χ4n) is 7.10. The molecular weight excluding hydrogens is 961 g/mol. The second-order valence-corrected chi connectivity index (χ2v) is 19.0. The van der Waals surface area contributed by atoms with E-state index in [9.17, 15) is 0 Å². The summed E-state index contributed by atoms with van der Waals surface area (Å²) in [4.78, 5) is 22.7. The van der Waals surface area contributed by atoms with Crippen molar-refractivity contribution in [3.8, 4) is 44.5 Å². The minimum atomic E-state index is -0.472. The summed E-state index contributed by atoms with van der Waals surface area (Å²) in [5.74, 6) is 0. The van der Waals surface area contributed by atoms with Crippen LogP contribution in [0.4, 0.5) is 0 Å². The van der Waals surface area contributed by atoms with E-state index in [-0.39, 0.29) is 10.8 Å². The Morgan fingerprint density at radius 1 is 0.448 bits per heavy atom. The van der Waals surface area contributed by atoms with Gasteiger partial charge in [-0.1, -0.05) is 89.5 Å². The number of aromatic nitrogens is 5. The van der Waals surface area contributed by atoms with Crippen molar-refractivity contribution in [2.24, 2.45) is 0 Å². The Balaban J connectivity index is 0.000000682. The third-order valence-corrected chi connectivity index (χ3v) is 9.74. The van der Waals surface area contributed by atoms with Crippen LogP contribution in [0.15, 0.2) is 122 Å². The van der Waals surface area contributed by atoms with Gasteiger partial charge in [-0.2, -0.15) is 0 Å². The van der Waals surface area contributed by atoms with Crippen molar-refractivity contribution in [2.75, 3.05) is 12.5 Å². The molecule has 294 valence electrons. The summed E-state index contributed by atoms with van der Waals surface area (Å²) in [6.07, 6.45) is 15.7. The number of halogens is 2. The summed E-state index contributed by atoms with van der Waals surface area (Å²) in [6, 6.07) is 38.8. The number of pyridine rings is 1. The summed E-state index contributed by atoms with van der Waals surface area (Å²) in [5.41, 5.74) is 19.6. The molecule has 6 heterocycles. The third-order valence-electron chi connectivity index (χ3n) is 9.74. The van der Waals surface area contributed by atoms with Crippen molar-refractivity contribution in [3.63, 3.8) is 0 Å². The summed E-state index contributed by atoms with van der Waals surface area (Å²) in [6.45, 7) is 6.35. The van der Waals surface area contributed by atoms with E-state index < -0.39 is 16.5 Å². The molecule has 0 saturated carbocycles. The molecule has 7 aromatic rings. The van der Waals surface area contributed by atoms with Crippen LogP contribution in [0, 0.1) is 20.8 Å². The van der Waals surface area contributed by atoms with Crippen molar-refractivity contribution in [3.05, 3.63) is 161 Å². The second-order valence-electron chi connectivity index (χ2n) is 14.2. The number of hydrogen-bond acceptors (Lipinski definition) is 3. The molecule has 0 fully saturated rings. The first kappa shape index (κ1) is 41.0. The number of aromatic amines is 2. The van der Waals surface area contributed by atoms with Gasteiger partial charge in [0.2, 0.25) is 0 Å². The van der Waals surface area contributed by atoms with E-state index in [2.05, 4.69) is 157 Å². The summed E-state index contributed by atoms with van der Waals surface area (Å²) in [5, 5.41) is 0. The van der Waals surface area contributed by atoms with Crippen molar-refractivity contribution in [1.29, 1.82) is 0 Å². The van der Waals surface area contributed by atoms with Gasteiger partial charge in [-0.15, -0.1) is 0 Å². The average Bonchev–Trinajstić information content (AvgIpc) is 4.06. The molecule has 2 aliphatic heterocycles. The van der Waals surface area contributed by atoms with Crippen LogP contribution in [-0.2, 0) is 27.3 Å².